The minimum absolute atomic E-state index is 0.740. The van der Waals surface area contributed by atoms with E-state index in [0.717, 1.165) is 37.9 Å². The van der Waals surface area contributed by atoms with E-state index in [0.29, 0.717) is 0 Å². The largest absolute Gasteiger partial charge is 0.356 e. The van der Waals surface area contributed by atoms with Crippen LogP contribution in [0, 0.1) is 5.92 Å². The SMILES string of the molecule is CN=C(NCC1CCN(Cc2cccs2)CC1)N1CCc2ccccc21. The molecule has 0 bridgehead atoms. The molecule has 0 atom stereocenters. The molecule has 2 aliphatic heterocycles. The van der Waals surface area contributed by atoms with Gasteiger partial charge in [-0.3, -0.25) is 9.89 Å². The number of piperidine rings is 1. The number of rotatable bonds is 4. The number of nitrogens with one attached hydrogen (secondary N) is 1. The van der Waals surface area contributed by atoms with E-state index < -0.39 is 0 Å². The lowest BCUT2D eigenvalue weighted by atomic mass is 9.97. The number of aliphatic imine (C=N–C) groups is 1. The number of hydrogen-bond acceptors (Lipinski definition) is 3. The number of hydrogen-bond donors (Lipinski definition) is 1. The van der Waals surface area contributed by atoms with Crippen molar-refractivity contribution in [1.82, 2.24) is 10.2 Å². The first-order chi connectivity index (χ1) is 12.8. The number of fused-ring (bicyclic) bond motifs is 1. The van der Waals surface area contributed by atoms with Crippen LogP contribution in [0.1, 0.15) is 23.3 Å². The second kappa shape index (κ2) is 8.23. The van der Waals surface area contributed by atoms with Gasteiger partial charge < -0.3 is 10.2 Å². The van der Waals surface area contributed by atoms with Gasteiger partial charge in [-0.05, 0) is 61.3 Å². The van der Waals surface area contributed by atoms with Crippen LogP contribution in [0.4, 0.5) is 5.69 Å². The molecule has 1 N–H and O–H groups in total. The van der Waals surface area contributed by atoms with Crippen molar-refractivity contribution in [3.05, 3.63) is 52.2 Å². The van der Waals surface area contributed by atoms with Gasteiger partial charge in [-0.15, -0.1) is 11.3 Å². The van der Waals surface area contributed by atoms with E-state index in [9.17, 15) is 0 Å². The highest BCUT2D eigenvalue weighted by molar-refractivity contribution is 7.09. The van der Waals surface area contributed by atoms with Crippen LogP contribution in [0.2, 0.25) is 0 Å². The molecule has 1 saturated heterocycles. The van der Waals surface area contributed by atoms with Gasteiger partial charge in [0.2, 0.25) is 0 Å². The van der Waals surface area contributed by atoms with Crippen LogP contribution in [0.5, 0.6) is 0 Å². The van der Waals surface area contributed by atoms with Crippen LogP contribution >= 0.6 is 11.3 Å². The molecule has 0 unspecified atom stereocenters. The third-order valence-electron chi connectivity index (χ3n) is 5.57. The van der Waals surface area contributed by atoms with E-state index in [1.807, 2.05) is 18.4 Å². The van der Waals surface area contributed by atoms with Gasteiger partial charge >= 0.3 is 0 Å². The highest BCUT2D eigenvalue weighted by atomic mass is 32.1. The Bertz CT molecular complexity index is 732. The van der Waals surface area contributed by atoms with Crippen LogP contribution < -0.4 is 10.2 Å². The summed E-state index contributed by atoms with van der Waals surface area (Å²) in [5.41, 5.74) is 2.74. The van der Waals surface area contributed by atoms with Gasteiger partial charge in [0.15, 0.2) is 5.96 Å². The summed E-state index contributed by atoms with van der Waals surface area (Å²) in [6, 6.07) is 13.1. The fourth-order valence-corrected chi connectivity index (χ4v) is 4.81. The zero-order valence-corrected chi connectivity index (χ0v) is 16.3. The molecular formula is C21H28N4S. The molecular weight excluding hydrogens is 340 g/mol. The molecule has 2 aromatic rings. The van der Waals surface area contributed by atoms with Gasteiger partial charge in [0, 0.05) is 37.2 Å². The maximum absolute atomic E-state index is 4.54. The first kappa shape index (κ1) is 17.6. The summed E-state index contributed by atoms with van der Waals surface area (Å²) in [5, 5.41) is 5.82. The van der Waals surface area contributed by atoms with Crippen LogP contribution in [-0.2, 0) is 13.0 Å². The number of benzene rings is 1. The molecule has 4 nitrogen and oxygen atoms in total. The number of nitrogens with zero attached hydrogens (tertiary/aromatic N) is 3. The van der Waals surface area contributed by atoms with Crippen molar-refractivity contribution < 1.29 is 0 Å². The van der Waals surface area contributed by atoms with Crippen molar-refractivity contribution in [1.29, 1.82) is 0 Å². The number of para-hydroxylation sites is 1. The van der Waals surface area contributed by atoms with Gasteiger partial charge in [0.05, 0.1) is 0 Å². The molecule has 5 heteroatoms. The smallest absolute Gasteiger partial charge is 0.198 e. The minimum atomic E-state index is 0.740. The average molecular weight is 369 g/mol. The lowest BCUT2D eigenvalue weighted by molar-refractivity contribution is 0.179. The second-order valence-electron chi connectivity index (χ2n) is 7.26. The van der Waals surface area contributed by atoms with Gasteiger partial charge in [0.1, 0.15) is 0 Å². The van der Waals surface area contributed by atoms with Crippen molar-refractivity contribution >= 4 is 23.0 Å². The fraction of sp³-hybridized carbons (Fsp3) is 0.476. The van der Waals surface area contributed by atoms with E-state index in [2.05, 4.69) is 61.9 Å². The Morgan fingerprint density at radius 3 is 2.77 bits per heavy atom. The highest BCUT2D eigenvalue weighted by Gasteiger charge is 2.24. The van der Waals surface area contributed by atoms with E-state index in [1.54, 1.807) is 0 Å². The fourth-order valence-electron chi connectivity index (χ4n) is 4.06. The summed E-state index contributed by atoms with van der Waals surface area (Å²) in [4.78, 5) is 10.9. The number of thiophene rings is 1. The summed E-state index contributed by atoms with van der Waals surface area (Å²) < 4.78 is 0. The predicted molar refractivity (Wildman–Crippen MR) is 111 cm³/mol. The molecule has 0 amide bonds. The standard InChI is InChI=1S/C21H28N4S/c1-22-21(25-13-10-18-5-2-3-7-20(18)25)23-15-17-8-11-24(12-9-17)16-19-6-4-14-26-19/h2-7,14,17H,8-13,15-16H2,1H3,(H,22,23). The normalized spacial score (nSPS) is 19.0. The lowest BCUT2D eigenvalue weighted by Crippen LogP contribution is -2.44. The maximum Gasteiger partial charge on any atom is 0.198 e. The molecule has 26 heavy (non-hydrogen) atoms. The number of guanidine groups is 1. The van der Waals surface area contributed by atoms with Crippen molar-refractivity contribution in [3.8, 4) is 0 Å². The molecule has 3 heterocycles. The summed E-state index contributed by atoms with van der Waals surface area (Å²) in [6.45, 7) is 5.57. The zero-order chi connectivity index (χ0) is 17.8. The van der Waals surface area contributed by atoms with Crippen molar-refractivity contribution in [3.63, 3.8) is 0 Å². The van der Waals surface area contributed by atoms with Gasteiger partial charge in [0.25, 0.3) is 0 Å². The van der Waals surface area contributed by atoms with Gasteiger partial charge in [-0.1, -0.05) is 24.3 Å². The monoisotopic (exact) mass is 368 g/mol. The zero-order valence-electron chi connectivity index (χ0n) is 15.5. The van der Waals surface area contributed by atoms with Crippen LogP contribution in [-0.4, -0.2) is 44.1 Å². The molecule has 0 saturated carbocycles. The van der Waals surface area contributed by atoms with E-state index in [1.165, 1.54) is 42.1 Å². The summed E-state index contributed by atoms with van der Waals surface area (Å²) >= 11 is 1.87. The molecule has 1 fully saturated rings. The van der Waals surface area contributed by atoms with Gasteiger partial charge in [-0.25, -0.2) is 0 Å². The first-order valence-electron chi connectivity index (χ1n) is 9.64. The predicted octanol–water partition coefficient (Wildman–Crippen LogP) is 3.60. The van der Waals surface area contributed by atoms with Crippen molar-refractivity contribution in [2.75, 3.05) is 38.1 Å². The summed E-state index contributed by atoms with van der Waals surface area (Å²) in [6.07, 6.45) is 3.65. The molecule has 0 spiro atoms. The van der Waals surface area contributed by atoms with Crippen molar-refractivity contribution in [2.24, 2.45) is 10.9 Å². The topological polar surface area (TPSA) is 30.9 Å². The van der Waals surface area contributed by atoms with Crippen molar-refractivity contribution in [2.45, 2.75) is 25.8 Å². The highest BCUT2D eigenvalue weighted by Crippen LogP contribution is 2.27. The lowest BCUT2D eigenvalue weighted by Gasteiger charge is -2.32. The van der Waals surface area contributed by atoms with E-state index in [-0.39, 0.29) is 0 Å². The second-order valence-corrected chi connectivity index (χ2v) is 8.29. The third-order valence-corrected chi connectivity index (χ3v) is 6.43. The molecule has 1 aromatic heterocycles. The Morgan fingerprint density at radius 1 is 1.15 bits per heavy atom. The third kappa shape index (κ3) is 3.94. The molecule has 4 rings (SSSR count). The summed E-state index contributed by atoms with van der Waals surface area (Å²) in [5.74, 6) is 1.76. The Balaban J connectivity index is 1.26. The van der Waals surface area contributed by atoms with E-state index in [4.69, 9.17) is 0 Å². The molecule has 0 aliphatic carbocycles. The molecule has 2 aliphatic rings. The van der Waals surface area contributed by atoms with E-state index >= 15 is 0 Å². The van der Waals surface area contributed by atoms with Gasteiger partial charge in [-0.2, -0.15) is 0 Å². The van der Waals surface area contributed by atoms with Crippen LogP contribution in [0.15, 0.2) is 46.8 Å². The maximum atomic E-state index is 4.54. The number of anilines is 1. The van der Waals surface area contributed by atoms with Crippen LogP contribution in [0.25, 0.3) is 0 Å². The minimum Gasteiger partial charge on any atom is -0.356 e. The average Bonchev–Trinajstić information content (AvgIpc) is 3.34. The molecule has 138 valence electrons. The number of likely N-dealkylation sites (tertiary alicyclic amines) is 1. The first-order valence-corrected chi connectivity index (χ1v) is 10.5. The summed E-state index contributed by atoms with van der Waals surface area (Å²) in [7, 11) is 1.90. The Hall–Kier alpha value is -1.85. The Labute approximate surface area is 160 Å². The molecule has 1 aromatic carbocycles. The Kier molecular flexibility index (Phi) is 5.56. The van der Waals surface area contributed by atoms with Crippen LogP contribution in [0.3, 0.4) is 0 Å². The molecule has 0 radical (unpaired) electrons. The quantitative estimate of drug-likeness (QED) is 0.661. The Morgan fingerprint density at radius 2 is 2.00 bits per heavy atom.